The van der Waals surface area contributed by atoms with Crippen molar-refractivity contribution in [1.82, 2.24) is 4.90 Å². The Labute approximate surface area is 123 Å². The second-order valence-corrected chi connectivity index (χ2v) is 5.90. The summed E-state index contributed by atoms with van der Waals surface area (Å²) in [5, 5.41) is 0.364. The summed E-state index contributed by atoms with van der Waals surface area (Å²) in [6.07, 6.45) is 4.55. The van der Waals surface area contributed by atoms with E-state index in [4.69, 9.17) is 0 Å². The summed E-state index contributed by atoms with van der Waals surface area (Å²) in [6.45, 7) is 7.02. The number of amidine groups is 1. The van der Waals surface area contributed by atoms with Gasteiger partial charge in [0, 0.05) is 13.1 Å². The molecule has 0 spiro atoms. The first-order valence-electron chi connectivity index (χ1n) is 6.86. The fourth-order valence-electron chi connectivity index (χ4n) is 2.15. The van der Waals surface area contributed by atoms with Crippen LogP contribution in [-0.4, -0.2) is 46.4 Å². The van der Waals surface area contributed by atoms with Gasteiger partial charge < -0.3 is 4.90 Å². The summed E-state index contributed by atoms with van der Waals surface area (Å²) in [5.41, 5.74) is 0.905. The van der Waals surface area contributed by atoms with E-state index in [0.29, 0.717) is 16.5 Å². The van der Waals surface area contributed by atoms with Gasteiger partial charge in [-0.05, 0) is 19.8 Å². The number of aliphatic imine (C=N–C) groups is 2. The highest BCUT2D eigenvalue weighted by molar-refractivity contribution is 8.14. The van der Waals surface area contributed by atoms with Crippen molar-refractivity contribution in [3.05, 3.63) is 12.2 Å². The molecule has 0 unspecified atom stereocenters. The van der Waals surface area contributed by atoms with Crippen molar-refractivity contribution in [2.75, 3.05) is 18.8 Å². The zero-order valence-corrected chi connectivity index (χ0v) is 12.5. The molecule has 0 radical (unpaired) electrons. The van der Waals surface area contributed by atoms with E-state index in [9.17, 15) is 9.59 Å². The summed E-state index contributed by atoms with van der Waals surface area (Å²) in [5.74, 6) is 0.0292. The number of thioether (sulfide) groups is 1. The molecule has 2 heterocycles. The number of amides is 2. The smallest absolute Gasteiger partial charge is 0.280 e. The van der Waals surface area contributed by atoms with Gasteiger partial charge in [-0.25, -0.2) is 4.99 Å². The largest absolute Gasteiger partial charge is 0.342 e. The van der Waals surface area contributed by atoms with Gasteiger partial charge in [0.1, 0.15) is 0 Å². The molecule has 0 bridgehead atoms. The van der Waals surface area contributed by atoms with Crippen LogP contribution in [0.1, 0.15) is 32.6 Å². The number of rotatable bonds is 2. The normalized spacial score (nSPS) is 20.4. The summed E-state index contributed by atoms with van der Waals surface area (Å²) >= 11 is 1.22. The molecular weight excluding hydrogens is 274 g/mol. The number of hydrogen-bond donors (Lipinski definition) is 0. The highest BCUT2D eigenvalue weighted by Gasteiger charge is 2.20. The van der Waals surface area contributed by atoms with E-state index in [1.807, 2.05) is 4.90 Å². The molecule has 0 aliphatic carbocycles. The van der Waals surface area contributed by atoms with Crippen LogP contribution in [0.3, 0.4) is 0 Å². The second kappa shape index (κ2) is 6.83. The lowest BCUT2D eigenvalue weighted by Gasteiger charge is -2.20. The molecule has 0 aromatic heterocycles. The lowest BCUT2D eigenvalue weighted by Crippen LogP contribution is -2.33. The number of likely N-dealkylation sites (tertiary alicyclic amines) is 1. The van der Waals surface area contributed by atoms with Crippen LogP contribution < -0.4 is 0 Å². The molecule has 1 saturated heterocycles. The fraction of sp³-hybridized carbons (Fsp3) is 0.571. The predicted octanol–water partition coefficient (Wildman–Crippen LogP) is 2.04. The molecule has 2 amide bonds. The monoisotopic (exact) mass is 293 g/mol. The zero-order valence-electron chi connectivity index (χ0n) is 11.7. The quantitative estimate of drug-likeness (QED) is 0.732. The van der Waals surface area contributed by atoms with E-state index in [1.54, 1.807) is 6.92 Å². The Morgan fingerprint density at radius 2 is 1.90 bits per heavy atom. The van der Waals surface area contributed by atoms with Crippen molar-refractivity contribution >= 4 is 34.5 Å². The summed E-state index contributed by atoms with van der Waals surface area (Å²) in [6, 6.07) is 0. The van der Waals surface area contributed by atoms with Crippen LogP contribution in [0, 0.1) is 0 Å². The molecule has 5 nitrogen and oxygen atoms in total. The fourth-order valence-corrected chi connectivity index (χ4v) is 2.93. The van der Waals surface area contributed by atoms with Gasteiger partial charge in [-0.3, -0.25) is 9.59 Å². The van der Waals surface area contributed by atoms with E-state index >= 15 is 0 Å². The minimum absolute atomic E-state index is 0.101. The number of hydrogen-bond acceptors (Lipinski definition) is 4. The van der Waals surface area contributed by atoms with Crippen LogP contribution in [0.2, 0.25) is 0 Å². The van der Waals surface area contributed by atoms with Gasteiger partial charge in [0.25, 0.3) is 5.91 Å². The Bertz CT molecular complexity index is 489. The second-order valence-electron chi connectivity index (χ2n) is 4.96. The minimum atomic E-state index is -0.359. The maximum absolute atomic E-state index is 12.1. The van der Waals surface area contributed by atoms with E-state index in [2.05, 4.69) is 16.6 Å². The Morgan fingerprint density at radius 3 is 2.50 bits per heavy atom. The maximum atomic E-state index is 12.1. The molecule has 0 aromatic rings. The Kier molecular flexibility index (Phi) is 5.11. The van der Waals surface area contributed by atoms with Gasteiger partial charge in [0.05, 0.1) is 17.0 Å². The first-order valence-corrected chi connectivity index (χ1v) is 7.84. The van der Waals surface area contributed by atoms with Crippen molar-refractivity contribution in [1.29, 1.82) is 0 Å². The van der Waals surface area contributed by atoms with Crippen molar-refractivity contribution in [2.24, 2.45) is 9.98 Å². The Morgan fingerprint density at radius 1 is 1.25 bits per heavy atom. The third kappa shape index (κ3) is 3.79. The molecular formula is C14H19N3O2S. The van der Waals surface area contributed by atoms with Crippen LogP contribution in [-0.2, 0) is 9.59 Å². The summed E-state index contributed by atoms with van der Waals surface area (Å²) in [7, 11) is 0. The molecule has 0 saturated carbocycles. The number of nitrogens with zero attached hydrogens (tertiary/aromatic N) is 3. The van der Waals surface area contributed by atoms with Gasteiger partial charge in [-0.2, -0.15) is 4.99 Å². The molecule has 2 aliphatic rings. The molecule has 0 aromatic carbocycles. The van der Waals surface area contributed by atoms with E-state index in [0.717, 1.165) is 25.9 Å². The van der Waals surface area contributed by atoms with E-state index < -0.39 is 0 Å². The van der Waals surface area contributed by atoms with Crippen LogP contribution >= 0.6 is 11.8 Å². The zero-order chi connectivity index (χ0) is 14.5. The SMILES string of the molecule is C=C1C(=O)N=C(SCC(=O)N2CCCCCC2)N=C1C. The van der Waals surface area contributed by atoms with Crippen molar-refractivity contribution < 1.29 is 9.59 Å². The first kappa shape index (κ1) is 15.0. The van der Waals surface area contributed by atoms with Crippen LogP contribution in [0.15, 0.2) is 22.1 Å². The van der Waals surface area contributed by atoms with Gasteiger partial charge in [-0.1, -0.05) is 31.2 Å². The van der Waals surface area contributed by atoms with Crippen molar-refractivity contribution in [3.63, 3.8) is 0 Å². The van der Waals surface area contributed by atoms with Crippen LogP contribution in [0.5, 0.6) is 0 Å². The van der Waals surface area contributed by atoms with Gasteiger partial charge in [-0.15, -0.1) is 0 Å². The highest BCUT2D eigenvalue weighted by Crippen LogP contribution is 2.16. The molecule has 108 valence electrons. The highest BCUT2D eigenvalue weighted by atomic mass is 32.2. The molecule has 1 fully saturated rings. The molecule has 2 rings (SSSR count). The third-order valence-electron chi connectivity index (χ3n) is 3.44. The average Bonchev–Trinajstić information content (AvgIpc) is 2.71. The van der Waals surface area contributed by atoms with Gasteiger partial charge in [0.15, 0.2) is 5.17 Å². The Hall–Kier alpha value is -1.43. The van der Waals surface area contributed by atoms with Crippen LogP contribution in [0.4, 0.5) is 0 Å². The lowest BCUT2D eigenvalue weighted by molar-refractivity contribution is -0.128. The van der Waals surface area contributed by atoms with Crippen LogP contribution in [0.25, 0.3) is 0 Å². The summed E-state index contributed by atoms with van der Waals surface area (Å²) in [4.78, 5) is 33.6. The molecule has 0 N–H and O–H groups in total. The topological polar surface area (TPSA) is 62.1 Å². The first-order chi connectivity index (χ1) is 9.58. The molecule has 2 aliphatic heterocycles. The molecule has 6 heteroatoms. The maximum Gasteiger partial charge on any atom is 0.280 e. The average molecular weight is 293 g/mol. The summed E-state index contributed by atoms with van der Waals surface area (Å²) < 4.78 is 0. The predicted molar refractivity (Wildman–Crippen MR) is 82.2 cm³/mol. The van der Waals surface area contributed by atoms with Crippen molar-refractivity contribution in [2.45, 2.75) is 32.6 Å². The minimum Gasteiger partial charge on any atom is -0.342 e. The van der Waals surface area contributed by atoms with E-state index in [1.165, 1.54) is 24.6 Å². The third-order valence-corrected chi connectivity index (χ3v) is 4.27. The van der Waals surface area contributed by atoms with Crippen molar-refractivity contribution in [3.8, 4) is 0 Å². The number of carbonyl (C=O) groups excluding carboxylic acids is 2. The standard InChI is InChI=1S/C14H19N3O2S/c1-10-11(2)15-14(16-13(10)19)20-9-12(18)17-7-5-3-4-6-8-17/h1,3-9H2,2H3. The molecule has 20 heavy (non-hydrogen) atoms. The van der Waals surface area contributed by atoms with E-state index in [-0.39, 0.29) is 17.6 Å². The van der Waals surface area contributed by atoms with Gasteiger partial charge in [0.2, 0.25) is 5.91 Å². The lowest BCUT2D eigenvalue weighted by atomic mass is 10.2. The number of carbonyl (C=O) groups is 2. The molecule has 0 atom stereocenters. The van der Waals surface area contributed by atoms with Gasteiger partial charge >= 0.3 is 0 Å². The Balaban J connectivity index is 1.89.